The molecule has 1 rings (SSSR count). The van der Waals surface area contributed by atoms with Crippen molar-refractivity contribution in [2.24, 2.45) is 0 Å². The molecule has 0 spiro atoms. The van der Waals surface area contributed by atoms with Gasteiger partial charge in [0.05, 0.1) is 1.37 Å². The molecule has 60 valence electrons. The van der Waals surface area contributed by atoms with Crippen LogP contribution in [-0.4, -0.2) is 19.0 Å². The number of benzene rings is 1. The van der Waals surface area contributed by atoms with Gasteiger partial charge in [0.2, 0.25) is 0 Å². The van der Waals surface area contributed by atoms with Gasteiger partial charge in [-0.05, 0) is 31.8 Å². The number of anilines is 1. The fourth-order valence-electron chi connectivity index (χ4n) is 0.968. The van der Waals surface area contributed by atoms with Crippen molar-refractivity contribution >= 4 is 5.69 Å². The molecule has 11 heavy (non-hydrogen) atoms. The van der Waals surface area contributed by atoms with Gasteiger partial charge in [-0.2, -0.15) is 0 Å². The van der Waals surface area contributed by atoms with Gasteiger partial charge in [-0.1, -0.05) is 12.1 Å². The average Bonchev–Trinajstić information content (AvgIpc) is 1.96. The third-order valence-electron chi connectivity index (χ3n) is 1.37. The van der Waals surface area contributed by atoms with Gasteiger partial charge in [-0.3, -0.25) is 0 Å². The Bertz CT molecular complexity index is 271. The van der Waals surface area contributed by atoms with Crippen molar-refractivity contribution in [2.45, 2.75) is 6.54 Å². The number of nitrogens with zero attached hydrogens (tertiary/aromatic N) is 1. The standard InChI is InChI=1S/C9H14N2/c1-11(2)7-8-4-3-5-9(10)6-8/h3-6H,7,10H2,1-2H3/i4T. The third-order valence-corrected chi connectivity index (χ3v) is 1.37. The lowest BCUT2D eigenvalue weighted by molar-refractivity contribution is 0.402. The summed E-state index contributed by atoms with van der Waals surface area (Å²) in [5.74, 6) is 0. The summed E-state index contributed by atoms with van der Waals surface area (Å²) >= 11 is 0. The number of hydrogen-bond acceptors (Lipinski definition) is 2. The maximum atomic E-state index is 7.58. The highest BCUT2D eigenvalue weighted by Crippen LogP contribution is 2.07. The number of nitrogens with two attached hydrogens (primary N) is 1. The number of rotatable bonds is 2. The Hall–Kier alpha value is -1.02. The van der Waals surface area contributed by atoms with E-state index in [0.29, 0.717) is 6.04 Å². The summed E-state index contributed by atoms with van der Waals surface area (Å²) in [6, 6.07) is 5.88. The van der Waals surface area contributed by atoms with Gasteiger partial charge < -0.3 is 10.6 Å². The maximum Gasteiger partial charge on any atom is 0.0626 e. The van der Waals surface area contributed by atoms with Crippen LogP contribution in [0.2, 0.25) is 0 Å². The zero-order chi connectivity index (χ0) is 9.14. The van der Waals surface area contributed by atoms with Gasteiger partial charge in [0, 0.05) is 12.2 Å². The van der Waals surface area contributed by atoms with Gasteiger partial charge >= 0.3 is 0 Å². The van der Waals surface area contributed by atoms with Crippen molar-refractivity contribution in [3.8, 4) is 0 Å². The zero-order valence-electron chi connectivity index (χ0n) is 7.96. The highest BCUT2D eigenvalue weighted by atomic mass is 15.0. The van der Waals surface area contributed by atoms with E-state index in [1.165, 1.54) is 0 Å². The molecular formula is C9H14N2. The summed E-state index contributed by atoms with van der Waals surface area (Å²) in [5, 5.41) is 0. The Balaban J connectivity index is 2.90. The smallest absolute Gasteiger partial charge is 0.0626 e. The molecule has 0 atom stereocenters. The lowest BCUT2D eigenvalue weighted by atomic mass is 10.2. The molecule has 1 aromatic rings. The van der Waals surface area contributed by atoms with E-state index in [0.717, 1.165) is 17.8 Å². The van der Waals surface area contributed by atoms with Crippen LogP contribution in [-0.2, 0) is 6.54 Å². The second-order valence-electron chi connectivity index (χ2n) is 2.89. The summed E-state index contributed by atoms with van der Waals surface area (Å²) in [7, 11) is 3.95. The molecule has 0 aliphatic rings. The fourth-order valence-corrected chi connectivity index (χ4v) is 0.968. The van der Waals surface area contributed by atoms with E-state index in [2.05, 4.69) is 0 Å². The molecule has 1 aromatic carbocycles. The SMILES string of the molecule is [3H]c1ccc(N)cc1CN(C)C. The normalized spacial score (nSPS) is 11.7. The van der Waals surface area contributed by atoms with Crippen molar-refractivity contribution in [1.82, 2.24) is 4.90 Å². The molecule has 0 aliphatic heterocycles. The largest absolute Gasteiger partial charge is 0.399 e. The first-order chi connectivity index (χ1) is 5.59. The first-order valence-corrected chi connectivity index (χ1v) is 3.59. The molecule has 0 fully saturated rings. The van der Waals surface area contributed by atoms with Crippen LogP contribution < -0.4 is 5.73 Å². The topological polar surface area (TPSA) is 29.3 Å². The molecule has 0 aromatic heterocycles. The van der Waals surface area contributed by atoms with Crippen LogP contribution in [0.25, 0.3) is 0 Å². The van der Waals surface area contributed by atoms with Crippen LogP contribution in [0, 0.1) is 0 Å². The molecule has 0 saturated carbocycles. The summed E-state index contributed by atoms with van der Waals surface area (Å²) in [4.78, 5) is 2.02. The minimum atomic E-state index is 0.554. The molecule has 2 N–H and O–H groups in total. The summed E-state index contributed by atoms with van der Waals surface area (Å²) in [6.07, 6.45) is 0. The second kappa shape index (κ2) is 3.39. The first kappa shape index (κ1) is 6.68. The molecule has 0 aliphatic carbocycles. The van der Waals surface area contributed by atoms with E-state index >= 15 is 0 Å². The van der Waals surface area contributed by atoms with Crippen LogP contribution in [0.3, 0.4) is 0 Å². The van der Waals surface area contributed by atoms with E-state index in [-0.39, 0.29) is 0 Å². The molecule has 0 amide bonds. The molecule has 0 bridgehead atoms. The van der Waals surface area contributed by atoms with E-state index < -0.39 is 0 Å². The lowest BCUT2D eigenvalue weighted by Gasteiger charge is -2.09. The zero-order valence-corrected chi connectivity index (χ0v) is 6.96. The molecule has 2 nitrogen and oxygen atoms in total. The van der Waals surface area contributed by atoms with Crippen LogP contribution >= 0.6 is 0 Å². The van der Waals surface area contributed by atoms with E-state index in [9.17, 15) is 0 Å². The molecule has 0 saturated heterocycles. The van der Waals surface area contributed by atoms with Gasteiger partial charge in [-0.15, -0.1) is 0 Å². The molecule has 0 unspecified atom stereocenters. The molecular weight excluding hydrogens is 136 g/mol. The fraction of sp³-hybridized carbons (Fsp3) is 0.333. The van der Waals surface area contributed by atoms with Gasteiger partial charge in [0.1, 0.15) is 0 Å². The monoisotopic (exact) mass is 152 g/mol. The van der Waals surface area contributed by atoms with Gasteiger partial charge in [0.15, 0.2) is 0 Å². The van der Waals surface area contributed by atoms with Crippen molar-refractivity contribution in [1.29, 1.82) is 0 Å². The predicted octanol–water partition coefficient (Wildman–Crippen LogP) is 1.33. The molecule has 0 radical (unpaired) electrons. The Kier molecular flexibility index (Phi) is 2.06. The van der Waals surface area contributed by atoms with Crippen molar-refractivity contribution in [2.75, 3.05) is 19.8 Å². The summed E-state index contributed by atoms with van der Waals surface area (Å²) < 4.78 is 7.58. The van der Waals surface area contributed by atoms with Gasteiger partial charge in [0.25, 0.3) is 0 Å². The van der Waals surface area contributed by atoms with Crippen LogP contribution in [0.15, 0.2) is 24.2 Å². The summed E-state index contributed by atoms with van der Waals surface area (Å²) in [6.45, 7) is 0.768. The minimum absolute atomic E-state index is 0.554. The van der Waals surface area contributed by atoms with E-state index in [4.69, 9.17) is 7.10 Å². The highest BCUT2D eigenvalue weighted by Gasteiger charge is 1.93. The third kappa shape index (κ3) is 2.60. The molecule has 0 heterocycles. The lowest BCUT2D eigenvalue weighted by Crippen LogP contribution is -2.10. The first-order valence-electron chi connectivity index (χ1n) is 4.09. The average molecular weight is 152 g/mol. The number of hydrogen-bond donors (Lipinski definition) is 1. The van der Waals surface area contributed by atoms with Crippen LogP contribution in [0.1, 0.15) is 6.93 Å². The summed E-state index contributed by atoms with van der Waals surface area (Å²) in [5.41, 5.74) is 7.30. The Morgan fingerprint density at radius 1 is 1.64 bits per heavy atom. The molecule has 2 heteroatoms. The predicted molar refractivity (Wildman–Crippen MR) is 48.2 cm³/mol. The Morgan fingerprint density at radius 2 is 2.36 bits per heavy atom. The highest BCUT2D eigenvalue weighted by molar-refractivity contribution is 5.40. The Labute approximate surface area is 69.0 Å². The van der Waals surface area contributed by atoms with E-state index in [1.807, 2.05) is 25.1 Å². The Morgan fingerprint density at radius 3 is 3.00 bits per heavy atom. The number of nitrogen functional groups attached to an aromatic ring is 1. The van der Waals surface area contributed by atoms with Crippen LogP contribution in [0.4, 0.5) is 5.69 Å². The van der Waals surface area contributed by atoms with Crippen molar-refractivity contribution < 1.29 is 1.37 Å². The second-order valence-corrected chi connectivity index (χ2v) is 2.89. The van der Waals surface area contributed by atoms with E-state index in [1.54, 1.807) is 12.1 Å². The van der Waals surface area contributed by atoms with Gasteiger partial charge in [-0.25, -0.2) is 0 Å². The minimum Gasteiger partial charge on any atom is -0.399 e. The van der Waals surface area contributed by atoms with Crippen molar-refractivity contribution in [3.05, 3.63) is 29.8 Å². The maximum absolute atomic E-state index is 7.58. The van der Waals surface area contributed by atoms with Crippen molar-refractivity contribution in [3.63, 3.8) is 0 Å². The van der Waals surface area contributed by atoms with Crippen LogP contribution in [0.5, 0.6) is 0 Å². The quantitative estimate of drug-likeness (QED) is 0.648.